The summed E-state index contributed by atoms with van der Waals surface area (Å²) in [6, 6.07) is 5.94. The maximum absolute atomic E-state index is 13.3. The minimum absolute atomic E-state index is 0.133. The Kier molecular flexibility index (Phi) is 6.26. The number of unbranched alkanes of at least 4 members (excludes halogenated alkanes) is 2. The van der Waals surface area contributed by atoms with Crippen LogP contribution in [0.25, 0.3) is 0 Å². The third kappa shape index (κ3) is 4.46. The predicted octanol–water partition coefficient (Wildman–Crippen LogP) is 4.23. The zero-order valence-corrected chi connectivity index (χ0v) is 13.1. The number of hydrogen-bond acceptors (Lipinski definition) is 2. The summed E-state index contributed by atoms with van der Waals surface area (Å²) in [7, 11) is 0. The maximum atomic E-state index is 13.3. The smallest absolute Gasteiger partial charge is 0.314 e. The summed E-state index contributed by atoms with van der Waals surface area (Å²) in [5.74, 6) is 0. The van der Waals surface area contributed by atoms with Crippen LogP contribution in [0.1, 0.15) is 49.8 Å². The summed E-state index contributed by atoms with van der Waals surface area (Å²) in [4.78, 5) is 2.21. The van der Waals surface area contributed by atoms with Crippen molar-refractivity contribution in [1.29, 1.82) is 0 Å². The number of hydrogen-bond donors (Lipinski definition) is 1. The van der Waals surface area contributed by atoms with Crippen molar-refractivity contribution >= 4 is 0 Å². The molecule has 1 aromatic carbocycles. The SMILES string of the molecule is CCCCC[C@@H](c1ccccc1C(F)(F)F)N1CCNCC1. The van der Waals surface area contributed by atoms with Gasteiger partial charge in [0.1, 0.15) is 0 Å². The number of halogens is 3. The molecule has 1 aliphatic heterocycles. The normalized spacial score (nSPS) is 18.4. The first-order chi connectivity index (χ1) is 10.5. The number of rotatable bonds is 6. The monoisotopic (exact) mass is 314 g/mol. The molecule has 0 saturated carbocycles. The molecule has 0 radical (unpaired) electrons. The maximum Gasteiger partial charge on any atom is 0.416 e. The van der Waals surface area contributed by atoms with Gasteiger partial charge in [-0.05, 0) is 18.1 Å². The van der Waals surface area contributed by atoms with Crippen LogP contribution < -0.4 is 5.32 Å². The van der Waals surface area contributed by atoms with E-state index < -0.39 is 11.7 Å². The van der Waals surface area contributed by atoms with Crippen LogP contribution in [0.5, 0.6) is 0 Å². The Morgan fingerprint density at radius 2 is 1.82 bits per heavy atom. The highest BCUT2D eigenvalue weighted by Crippen LogP contribution is 2.38. The Bertz CT molecular complexity index is 453. The lowest BCUT2D eigenvalue weighted by molar-refractivity contribution is -0.138. The van der Waals surface area contributed by atoms with Crippen LogP contribution in [-0.2, 0) is 6.18 Å². The molecule has 1 atom stereocenters. The molecule has 0 aliphatic carbocycles. The van der Waals surface area contributed by atoms with Gasteiger partial charge >= 0.3 is 6.18 Å². The van der Waals surface area contributed by atoms with E-state index in [9.17, 15) is 13.2 Å². The van der Waals surface area contributed by atoms with Crippen molar-refractivity contribution in [3.63, 3.8) is 0 Å². The second-order valence-electron chi connectivity index (χ2n) is 5.88. The minimum atomic E-state index is -4.28. The summed E-state index contributed by atoms with van der Waals surface area (Å²) < 4.78 is 40.0. The summed E-state index contributed by atoms with van der Waals surface area (Å²) in [6.45, 7) is 5.42. The lowest BCUT2D eigenvalue weighted by Gasteiger charge is -2.36. The molecule has 0 aromatic heterocycles. The third-order valence-electron chi connectivity index (χ3n) is 4.30. The molecule has 0 bridgehead atoms. The average Bonchev–Trinajstić information content (AvgIpc) is 2.52. The Balaban J connectivity index is 2.27. The molecular formula is C17H25F3N2. The molecule has 0 unspecified atom stereocenters. The number of nitrogens with one attached hydrogen (secondary N) is 1. The van der Waals surface area contributed by atoms with Crippen molar-refractivity contribution in [2.75, 3.05) is 26.2 Å². The molecule has 5 heteroatoms. The third-order valence-corrected chi connectivity index (χ3v) is 4.30. The van der Waals surface area contributed by atoms with Gasteiger partial charge in [-0.1, -0.05) is 44.4 Å². The molecule has 124 valence electrons. The first kappa shape index (κ1) is 17.3. The summed E-state index contributed by atoms with van der Waals surface area (Å²) in [5.41, 5.74) is -0.0389. The lowest BCUT2D eigenvalue weighted by atomic mass is 9.93. The van der Waals surface area contributed by atoms with Gasteiger partial charge in [-0.15, -0.1) is 0 Å². The van der Waals surface area contributed by atoms with Gasteiger partial charge in [-0.25, -0.2) is 0 Å². The molecule has 0 amide bonds. The van der Waals surface area contributed by atoms with E-state index in [0.717, 1.165) is 51.9 Å². The summed E-state index contributed by atoms with van der Waals surface area (Å²) in [6.07, 6.45) is -0.377. The van der Waals surface area contributed by atoms with E-state index in [-0.39, 0.29) is 6.04 Å². The van der Waals surface area contributed by atoms with Gasteiger partial charge < -0.3 is 5.32 Å². The molecule has 1 saturated heterocycles. The Labute approximate surface area is 130 Å². The first-order valence-electron chi connectivity index (χ1n) is 8.15. The van der Waals surface area contributed by atoms with Crippen LogP contribution in [-0.4, -0.2) is 31.1 Å². The molecule has 0 spiro atoms. The van der Waals surface area contributed by atoms with Crippen LogP contribution in [0.4, 0.5) is 13.2 Å². The summed E-state index contributed by atoms with van der Waals surface area (Å²) in [5, 5.41) is 3.27. The van der Waals surface area contributed by atoms with Crippen molar-refractivity contribution in [2.24, 2.45) is 0 Å². The number of nitrogens with zero attached hydrogens (tertiary/aromatic N) is 1. The number of benzene rings is 1. The van der Waals surface area contributed by atoms with Crippen LogP contribution >= 0.6 is 0 Å². The fraction of sp³-hybridized carbons (Fsp3) is 0.647. The molecule has 2 rings (SSSR count). The van der Waals surface area contributed by atoms with E-state index in [0.29, 0.717) is 5.56 Å². The largest absolute Gasteiger partial charge is 0.416 e. The van der Waals surface area contributed by atoms with Gasteiger partial charge in [-0.2, -0.15) is 13.2 Å². The van der Waals surface area contributed by atoms with Crippen molar-refractivity contribution in [3.8, 4) is 0 Å². The second-order valence-corrected chi connectivity index (χ2v) is 5.88. The van der Waals surface area contributed by atoms with Crippen molar-refractivity contribution < 1.29 is 13.2 Å². The summed E-state index contributed by atoms with van der Waals surface area (Å²) >= 11 is 0. The molecule has 2 nitrogen and oxygen atoms in total. The molecule has 1 aromatic rings. The van der Waals surface area contributed by atoms with Crippen LogP contribution in [0.15, 0.2) is 24.3 Å². The first-order valence-corrected chi connectivity index (χ1v) is 8.15. The van der Waals surface area contributed by atoms with E-state index in [1.54, 1.807) is 12.1 Å². The van der Waals surface area contributed by atoms with Crippen LogP contribution in [0, 0.1) is 0 Å². The quantitative estimate of drug-likeness (QED) is 0.790. The van der Waals surface area contributed by atoms with Crippen molar-refractivity contribution in [2.45, 2.75) is 44.8 Å². The molecular weight excluding hydrogens is 289 g/mol. The second kappa shape index (κ2) is 7.97. The van der Waals surface area contributed by atoms with Gasteiger partial charge in [0, 0.05) is 32.2 Å². The molecule has 22 heavy (non-hydrogen) atoms. The molecule has 1 fully saturated rings. The van der Waals surface area contributed by atoms with Gasteiger partial charge in [0.2, 0.25) is 0 Å². The predicted molar refractivity (Wildman–Crippen MR) is 82.8 cm³/mol. The fourth-order valence-electron chi connectivity index (χ4n) is 3.16. The van der Waals surface area contributed by atoms with Crippen LogP contribution in [0.3, 0.4) is 0 Å². The molecule has 1 N–H and O–H groups in total. The number of piperazine rings is 1. The standard InChI is InChI=1S/C17H25F3N2/c1-2-3-4-9-16(22-12-10-21-11-13-22)14-7-5-6-8-15(14)17(18,19)20/h5-8,16,21H,2-4,9-13H2,1H3/t16-/m0/s1. The van der Waals surface area contributed by atoms with Crippen molar-refractivity contribution in [3.05, 3.63) is 35.4 Å². The Hall–Kier alpha value is -1.07. The van der Waals surface area contributed by atoms with Gasteiger partial charge in [0.25, 0.3) is 0 Å². The Morgan fingerprint density at radius 3 is 2.45 bits per heavy atom. The van der Waals surface area contributed by atoms with Crippen molar-refractivity contribution in [1.82, 2.24) is 10.2 Å². The molecule has 1 aliphatic rings. The highest BCUT2D eigenvalue weighted by molar-refractivity contribution is 5.32. The minimum Gasteiger partial charge on any atom is -0.314 e. The fourth-order valence-corrected chi connectivity index (χ4v) is 3.16. The van der Waals surface area contributed by atoms with E-state index in [4.69, 9.17) is 0 Å². The van der Waals surface area contributed by atoms with Gasteiger partial charge in [0.05, 0.1) is 5.56 Å². The topological polar surface area (TPSA) is 15.3 Å². The zero-order valence-electron chi connectivity index (χ0n) is 13.1. The van der Waals surface area contributed by atoms with Crippen LogP contribution in [0.2, 0.25) is 0 Å². The average molecular weight is 314 g/mol. The lowest BCUT2D eigenvalue weighted by Crippen LogP contribution is -2.45. The van der Waals surface area contributed by atoms with E-state index in [2.05, 4.69) is 17.1 Å². The van der Waals surface area contributed by atoms with E-state index >= 15 is 0 Å². The Morgan fingerprint density at radius 1 is 1.14 bits per heavy atom. The van der Waals surface area contributed by atoms with Gasteiger partial charge in [-0.3, -0.25) is 4.90 Å². The van der Waals surface area contributed by atoms with E-state index in [1.807, 2.05) is 0 Å². The highest BCUT2D eigenvalue weighted by Gasteiger charge is 2.36. The zero-order chi connectivity index (χ0) is 16.0. The van der Waals surface area contributed by atoms with Gasteiger partial charge in [0.15, 0.2) is 0 Å². The number of alkyl halides is 3. The highest BCUT2D eigenvalue weighted by atomic mass is 19.4. The molecule has 1 heterocycles. The van der Waals surface area contributed by atoms with E-state index in [1.165, 1.54) is 12.1 Å².